The SMILES string of the molecule is Cc1noc(C)c1COc1cccc(C(=O)N2CCc3sccc3[C@H]2C)c1. The van der Waals surface area contributed by atoms with Gasteiger partial charge in [-0.25, -0.2) is 0 Å². The molecule has 0 saturated heterocycles. The molecule has 1 amide bonds. The van der Waals surface area contributed by atoms with Crippen molar-refractivity contribution in [3.05, 3.63) is 68.7 Å². The Kier molecular flexibility index (Phi) is 4.74. The average molecular weight is 382 g/mol. The van der Waals surface area contributed by atoms with Crippen molar-refractivity contribution in [3.8, 4) is 5.75 Å². The van der Waals surface area contributed by atoms with Crippen LogP contribution >= 0.6 is 11.3 Å². The summed E-state index contributed by atoms with van der Waals surface area (Å²) in [7, 11) is 0. The summed E-state index contributed by atoms with van der Waals surface area (Å²) >= 11 is 1.78. The molecule has 3 heterocycles. The first kappa shape index (κ1) is 17.8. The maximum absolute atomic E-state index is 13.1. The normalized spacial score (nSPS) is 16.3. The van der Waals surface area contributed by atoms with Gasteiger partial charge in [0.05, 0.1) is 17.3 Å². The number of benzene rings is 1. The number of aryl methyl sites for hydroxylation is 2. The van der Waals surface area contributed by atoms with Gasteiger partial charge in [-0.15, -0.1) is 11.3 Å². The number of rotatable bonds is 4. The van der Waals surface area contributed by atoms with Crippen molar-refractivity contribution in [2.24, 2.45) is 0 Å². The molecule has 0 saturated carbocycles. The molecule has 0 aliphatic carbocycles. The maximum atomic E-state index is 13.1. The lowest BCUT2D eigenvalue weighted by Crippen LogP contribution is -2.38. The van der Waals surface area contributed by atoms with Crippen LogP contribution in [0.3, 0.4) is 0 Å². The predicted molar refractivity (Wildman–Crippen MR) is 104 cm³/mol. The van der Waals surface area contributed by atoms with E-state index in [2.05, 4.69) is 23.5 Å². The molecule has 0 spiro atoms. The second-order valence-electron chi connectivity index (χ2n) is 6.84. The number of nitrogens with zero attached hydrogens (tertiary/aromatic N) is 2. The molecule has 27 heavy (non-hydrogen) atoms. The minimum absolute atomic E-state index is 0.0436. The van der Waals surface area contributed by atoms with Gasteiger partial charge in [-0.3, -0.25) is 4.79 Å². The van der Waals surface area contributed by atoms with Crippen LogP contribution in [-0.2, 0) is 13.0 Å². The van der Waals surface area contributed by atoms with Crippen LogP contribution in [0.25, 0.3) is 0 Å². The zero-order valence-electron chi connectivity index (χ0n) is 15.7. The number of ether oxygens (including phenoxy) is 1. The van der Waals surface area contributed by atoms with E-state index in [1.165, 1.54) is 10.4 Å². The second kappa shape index (κ2) is 7.19. The standard InChI is InChI=1S/C21H22N2O3S/c1-13-19(15(3)26-22-13)12-25-17-6-4-5-16(11-17)21(24)23-9-7-20-18(14(23)2)8-10-27-20/h4-6,8,10-11,14H,7,9,12H2,1-3H3/t14-/m1/s1. The number of fused-ring (bicyclic) bond motifs is 1. The van der Waals surface area contributed by atoms with E-state index in [9.17, 15) is 4.79 Å². The van der Waals surface area contributed by atoms with Crippen LogP contribution < -0.4 is 4.74 Å². The molecule has 0 N–H and O–H groups in total. The fraction of sp³-hybridized carbons (Fsp3) is 0.333. The molecule has 1 aliphatic rings. The van der Waals surface area contributed by atoms with Crippen molar-refractivity contribution < 1.29 is 14.1 Å². The zero-order valence-corrected chi connectivity index (χ0v) is 16.5. The third kappa shape index (κ3) is 3.37. The van der Waals surface area contributed by atoms with Crippen LogP contribution in [0, 0.1) is 13.8 Å². The molecule has 0 unspecified atom stereocenters. The number of carbonyl (C=O) groups excluding carboxylic acids is 1. The zero-order chi connectivity index (χ0) is 19.0. The van der Waals surface area contributed by atoms with Gasteiger partial charge < -0.3 is 14.2 Å². The third-order valence-corrected chi connectivity index (χ3v) is 6.18. The molecule has 1 aliphatic heterocycles. The van der Waals surface area contributed by atoms with Crippen molar-refractivity contribution in [1.82, 2.24) is 10.1 Å². The van der Waals surface area contributed by atoms with Crippen LogP contribution in [0.2, 0.25) is 0 Å². The Labute approximate surface area is 162 Å². The number of amides is 1. The molecule has 4 rings (SSSR count). The van der Waals surface area contributed by atoms with Gasteiger partial charge in [0, 0.05) is 17.0 Å². The molecule has 3 aromatic rings. The molecular formula is C21H22N2O3S. The lowest BCUT2D eigenvalue weighted by Gasteiger charge is -2.33. The van der Waals surface area contributed by atoms with Crippen molar-refractivity contribution >= 4 is 17.2 Å². The summed E-state index contributed by atoms with van der Waals surface area (Å²) < 4.78 is 11.1. The monoisotopic (exact) mass is 382 g/mol. The van der Waals surface area contributed by atoms with Crippen LogP contribution in [0.4, 0.5) is 0 Å². The number of hydrogen-bond acceptors (Lipinski definition) is 5. The Bertz CT molecular complexity index is 956. The molecule has 2 aromatic heterocycles. The Balaban J connectivity index is 1.50. The first-order valence-corrected chi connectivity index (χ1v) is 9.94. The summed E-state index contributed by atoms with van der Waals surface area (Å²) in [6.45, 7) is 6.98. The van der Waals surface area contributed by atoms with Crippen LogP contribution in [-0.4, -0.2) is 22.5 Å². The minimum atomic E-state index is 0.0436. The summed E-state index contributed by atoms with van der Waals surface area (Å²) in [5, 5.41) is 6.05. The van der Waals surface area contributed by atoms with Crippen molar-refractivity contribution in [1.29, 1.82) is 0 Å². The molecule has 1 atom stereocenters. The van der Waals surface area contributed by atoms with Crippen molar-refractivity contribution in [3.63, 3.8) is 0 Å². The topological polar surface area (TPSA) is 55.6 Å². The Morgan fingerprint density at radius 3 is 3.00 bits per heavy atom. The van der Waals surface area contributed by atoms with Gasteiger partial charge in [0.1, 0.15) is 18.1 Å². The Morgan fingerprint density at radius 2 is 2.22 bits per heavy atom. The van der Waals surface area contributed by atoms with E-state index >= 15 is 0 Å². The first-order chi connectivity index (χ1) is 13.0. The number of thiophene rings is 1. The first-order valence-electron chi connectivity index (χ1n) is 9.06. The van der Waals surface area contributed by atoms with Crippen LogP contribution in [0.15, 0.2) is 40.2 Å². The summed E-state index contributed by atoms with van der Waals surface area (Å²) in [6.07, 6.45) is 0.922. The molecular weight excluding hydrogens is 360 g/mol. The van der Waals surface area contributed by atoms with Gasteiger partial charge in [0.15, 0.2) is 0 Å². The fourth-order valence-corrected chi connectivity index (χ4v) is 4.50. The summed E-state index contributed by atoms with van der Waals surface area (Å²) in [5.41, 5.74) is 3.69. The summed E-state index contributed by atoms with van der Waals surface area (Å²) in [4.78, 5) is 16.4. The van der Waals surface area contributed by atoms with Crippen molar-refractivity contribution in [2.45, 2.75) is 39.8 Å². The van der Waals surface area contributed by atoms with E-state index in [4.69, 9.17) is 9.26 Å². The quantitative estimate of drug-likeness (QED) is 0.657. The lowest BCUT2D eigenvalue weighted by atomic mass is 10.0. The van der Waals surface area contributed by atoms with Crippen LogP contribution in [0.5, 0.6) is 5.75 Å². The molecule has 140 valence electrons. The molecule has 0 fully saturated rings. The Hall–Kier alpha value is -2.60. The van der Waals surface area contributed by atoms with E-state index in [-0.39, 0.29) is 11.9 Å². The highest BCUT2D eigenvalue weighted by molar-refractivity contribution is 7.10. The summed E-state index contributed by atoms with van der Waals surface area (Å²) in [5.74, 6) is 1.47. The largest absolute Gasteiger partial charge is 0.489 e. The highest BCUT2D eigenvalue weighted by Gasteiger charge is 2.29. The maximum Gasteiger partial charge on any atom is 0.254 e. The molecule has 0 bridgehead atoms. The molecule has 6 heteroatoms. The Morgan fingerprint density at radius 1 is 1.37 bits per heavy atom. The van der Waals surface area contributed by atoms with E-state index in [0.717, 1.165) is 30.0 Å². The highest BCUT2D eigenvalue weighted by atomic mass is 32.1. The molecule has 5 nitrogen and oxygen atoms in total. The highest BCUT2D eigenvalue weighted by Crippen LogP contribution is 2.34. The fourth-order valence-electron chi connectivity index (χ4n) is 3.54. The molecule has 1 aromatic carbocycles. The van der Waals surface area contributed by atoms with Gasteiger partial charge in [0.25, 0.3) is 5.91 Å². The summed E-state index contributed by atoms with van der Waals surface area (Å²) in [6, 6.07) is 9.62. The number of carbonyl (C=O) groups is 1. The lowest BCUT2D eigenvalue weighted by molar-refractivity contribution is 0.0679. The van der Waals surface area contributed by atoms with Gasteiger partial charge in [-0.05, 0) is 62.4 Å². The van der Waals surface area contributed by atoms with E-state index in [1.54, 1.807) is 11.3 Å². The van der Waals surface area contributed by atoms with E-state index in [1.807, 2.05) is 43.0 Å². The van der Waals surface area contributed by atoms with Gasteiger partial charge in [-0.2, -0.15) is 0 Å². The van der Waals surface area contributed by atoms with Crippen molar-refractivity contribution in [2.75, 3.05) is 6.54 Å². The van der Waals surface area contributed by atoms with E-state index in [0.29, 0.717) is 17.9 Å². The number of hydrogen-bond donors (Lipinski definition) is 0. The van der Waals surface area contributed by atoms with Crippen LogP contribution in [0.1, 0.15) is 50.8 Å². The smallest absolute Gasteiger partial charge is 0.254 e. The minimum Gasteiger partial charge on any atom is -0.489 e. The second-order valence-corrected chi connectivity index (χ2v) is 7.84. The molecule has 0 radical (unpaired) electrons. The third-order valence-electron chi connectivity index (χ3n) is 5.18. The predicted octanol–water partition coefficient (Wildman–Crippen LogP) is 4.69. The van der Waals surface area contributed by atoms with Gasteiger partial charge in [0.2, 0.25) is 0 Å². The van der Waals surface area contributed by atoms with E-state index < -0.39 is 0 Å². The van der Waals surface area contributed by atoms with Gasteiger partial charge >= 0.3 is 0 Å². The average Bonchev–Trinajstić information content (AvgIpc) is 3.27. The van der Waals surface area contributed by atoms with Gasteiger partial charge in [-0.1, -0.05) is 11.2 Å². The number of aromatic nitrogens is 1.